The number of ketones is 1. The summed E-state index contributed by atoms with van der Waals surface area (Å²) in [5.74, 6) is 1.91. The van der Waals surface area contributed by atoms with E-state index in [1.165, 1.54) is 6.33 Å². The summed E-state index contributed by atoms with van der Waals surface area (Å²) in [5, 5.41) is 2.83. The molecule has 0 saturated carbocycles. The first kappa shape index (κ1) is 32.7. The molecule has 1 atom stereocenters. The van der Waals surface area contributed by atoms with E-state index in [2.05, 4.69) is 74.3 Å². The van der Waals surface area contributed by atoms with Gasteiger partial charge < -0.3 is 30.7 Å². The Morgan fingerprint density at radius 3 is 2.11 bits per heavy atom. The fraction of sp³-hybridized carbons (Fsp3) is 0.500. The van der Waals surface area contributed by atoms with Gasteiger partial charge in [0.15, 0.2) is 22.3 Å². The smallest absolute Gasteiger partial charge is 0.280 e. The number of hydrogen-bond acceptors (Lipinski definition) is 13. The predicted molar refractivity (Wildman–Crippen MR) is 157 cm³/mol. The van der Waals surface area contributed by atoms with Gasteiger partial charge in [-0.3, -0.25) is 14.6 Å². The summed E-state index contributed by atoms with van der Waals surface area (Å²) in [6.45, 7) is 6.28. The number of aryl methyl sites for hydroxylation is 2. The largest absolute Gasteiger partial charge is 0.476 e. The molecule has 0 aliphatic rings. The van der Waals surface area contributed by atoms with Gasteiger partial charge >= 0.3 is 0 Å². The van der Waals surface area contributed by atoms with E-state index in [0.29, 0.717) is 46.5 Å². The number of ether oxygens (including phenoxy) is 1. The first-order chi connectivity index (χ1) is 18.0. The Morgan fingerprint density at radius 1 is 1.08 bits per heavy atom. The van der Waals surface area contributed by atoms with Crippen molar-refractivity contribution in [1.29, 1.82) is 0 Å². The van der Waals surface area contributed by atoms with Crippen LogP contribution < -0.4 is 27.1 Å². The summed E-state index contributed by atoms with van der Waals surface area (Å²) in [5.41, 5.74) is 12.8. The van der Waals surface area contributed by atoms with Gasteiger partial charge in [0, 0.05) is 19.8 Å². The number of fused-ring (bicyclic) bond motifs is 2. The summed E-state index contributed by atoms with van der Waals surface area (Å²) in [7, 11) is 5.36. The Balaban J connectivity index is 0.000000291. The maximum absolute atomic E-state index is 11.2. The van der Waals surface area contributed by atoms with E-state index < -0.39 is 0 Å². The van der Waals surface area contributed by atoms with Crippen LogP contribution in [-0.4, -0.2) is 76.5 Å². The fourth-order valence-electron chi connectivity index (χ4n) is 2.80. The number of nitrogens with two attached hydrogens (primary N) is 2. The molecular weight excluding hydrogens is 530 g/mol. The van der Waals surface area contributed by atoms with Crippen molar-refractivity contribution in [1.82, 2.24) is 44.4 Å². The lowest BCUT2D eigenvalue weighted by Gasteiger charge is -2.08. The molecule has 0 aliphatic carbocycles. The van der Waals surface area contributed by atoms with Gasteiger partial charge in [0.2, 0.25) is 17.8 Å². The zero-order valence-corrected chi connectivity index (χ0v) is 24.4. The Hall–Kier alpha value is -3.37. The minimum absolute atomic E-state index is 0.0710. The van der Waals surface area contributed by atoms with Crippen molar-refractivity contribution in [2.45, 2.75) is 26.8 Å². The van der Waals surface area contributed by atoms with Crippen molar-refractivity contribution in [3.05, 3.63) is 23.0 Å². The van der Waals surface area contributed by atoms with Gasteiger partial charge in [-0.05, 0) is 26.1 Å². The average molecular weight is 568 g/mol. The fourth-order valence-corrected chi connectivity index (χ4v) is 3.24. The molecule has 0 amide bonds. The molecule has 38 heavy (non-hydrogen) atoms. The van der Waals surface area contributed by atoms with Crippen molar-refractivity contribution >= 4 is 65.3 Å². The molecule has 0 fully saturated rings. The number of likely N-dealkylation sites (N-methyl/N-ethyl adjacent to an activating group) is 1. The average Bonchev–Trinajstić information content (AvgIpc) is 3.43. The van der Waals surface area contributed by atoms with E-state index in [1.807, 2.05) is 7.05 Å². The second-order valence-electron chi connectivity index (χ2n) is 8.23. The maximum Gasteiger partial charge on any atom is 0.280 e. The van der Waals surface area contributed by atoms with E-state index in [1.54, 1.807) is 42.7 Å². The maximum atomic E-state index is 11.2. The zero-order chi connectivity index (χ0) is 29.0. The number of nitrogens with one attached hydrogen (secondary N) is 2. The Kier molecular flexibility index (Phi) is 13.6. The van der Waals surface area contributed by atoms with Crippen LogP contribution in [0.4, 0.5) is 11.9 Å². The van der Waals surface area contributed by atoms with E-state index in [9.17, 15) is 9.59 Å². The molecule has 4 heterocycles. The highest BCUT2D eigenvalue weighted by molar-refractivity contribution is 7.80. The van der Waals surface area contributed by atoms with Crippen molar-refractivity contribution in [2.24, 2.45) is 20.0 Å². The number of Topliss-reactive ketones (excluding diaryl/α,β-unsaturated/α-hetero) is 1. The van der Waals surface area contributed by atoms with Crippen LogP contribution in [0.1, 0.15) is 20.8 Å². The molecule has 16 heteroatoms. The van der Waals surface area contributed by atoms with Gasteiger partial charge in [0.25, 0.3) is 5.56 Å². The van der Waals surface area contributed by atoms with Gasteiger partial charge in [0.05, 0.1) is 25.3 Å². The standard InChI is InChI=1S/C10H15N5O.C6H7N5O.C5H11NOS.CH4S/c1-6(2)4-16-9-7-8(13-10(11)14-9)15(3)5-12-7;1-11-2-8-3-4(11)9-6(7)10-5(3)12;1-4(7)5(3-8)6-2;1-2/h5-6H,4H2,1-3H3,(H2,11,13,14);2H,1H3,(H3,7,9,10,12);5-6,8H,3H2,1-2H3;2H,1H3/t;;5-;/m..0./s1. The van der Waals surface area contributed by atoms with Crippen molar-refractivity contribution in [3.63, 3.8) is 0 Å². The molecule has 6 N–H and O–H groups in total. The molecule has 0 unspecified atom stereocenters. The number of H-pyrrole nitrogens is 1. The normalized spacial score (nSPS) is 11.1. The van der Waals surface area contributed by atoms with Crippen molar-refractivity contribution in [2.75, 3.05) is 37.1 Å². The first-order valence-corrected chi connectivity index (χ1v) is 13.0. The summed E-state index contributed by atoms with van der Waals surface area (Å²) in [6.07, 6.45) is 4.88. The summed E-state index contributed by atoms with van der Waals surface area (Å²) in [4.78, 5) is 44.2. The van der Waals surface area contributed by atoms with E-state index >= 15 is 0 Å². The number of hydrogen-bond donors (Lipinski definition) is 6. The monoisotopic (exact) mass is 567 g/mol. The first-order valence-electron chi connectivity index (χ1n) is 11.5. The lowest BCUT2D eigenvalue weighted by atomic mass is 10.2. The highest BCUT2D eigenvalue weighted by atomic mass is 32.1. The Bertz CT molecular complexity index is 1360. The number of aromatic nitrogens is 8. The number of carbonyl (C=O) groups is 1. The minimum Gasteiger partial charge on any atom is -0.476 e. The van der Waals surface area contributed by atoms with Crippen LogP contribution in [0.25, 0.3) is 22.3 Å². The molecular formula is C22H37N11O3S2. The molecule has 0 saturated heterocycles. The molecule has 0 aromatic carbocycles. The molecule has 4 aromatic heterocycles. The van der Waals surface area contributed by atoms with E-state index in [4.69, 9.17) is 16.2 Å². The number of rotatable bonds is 6. The number of aromatic amines is 1. The van der Waals surface area contributed by atoms with Gasteiger partial charge in [-0.15, -0.1) is 0 Å². The lowest BCUT2D eigenvalue weighted by molar-refractivity contribution is -0.118. The van der Waals surface area contributed by atoms with Crippen LogP contribution in [0.3, 0.4) is 0 Å². The number of imidazole rings is 2. The summed E-state index contributed by atoms with van der Waals surface area (Å²) < 4.78 is 9.00. The number of nitrogens with zero attached hydrogens (tertiary/aromatic N) is 7. The van der Waals surface area contributed by atoms with Crippen LogP contribution in [0.5, 0.6) is 5.88 Å². The van der Waals surface area contributed by atoms with E-state index in [-0.39, 0.29) is 29.3 Å². The molecule has 14 nitrogen and oxygen atoms in total. The topological polar surface area (TPSA) is 198 Å². The third-order valence-corrected chi connectivity index (χ3v) is 5.07. The molecule has 4 aromatic rings. The van der Waals surface area contributed by atoms with Crippen molar-refractivity contribution in [3.8, 4) is 5.88 Å². The Labute approximate surface area is 231 Å². The molecule has 0 radical (unpaired) electrons. The second kappa shape index (κ2) is 15.8. The van der Waals surface area contributed by atoms with Crippen LogP contribution in [0, 0.1) is 5.92 Å². The van der Waals surface area contributed by atoms with Gasteiger partial charge in [0.1, 0.15) is 5.78 Å². The molecule has 210 valence electrons. The number of thiol groups is 2. The number of nitrogen functional groups attached to an aromatic ring is 2. The summed E-state index contributed by atoms with van der Waals surface area (Å²) in [6, 6.07) is -0.0710. The predicted octanol–water partition coefficient (Wildman–Crippen LogP) is 0.858. The highest BCUT2D eigenvalue weighted by Crippen LogP contribution is 2.21. The summed E-state index contributed by atoms with van der Waals surface area (Å²) >= 11 is 7.48. The molecule has 0 aliphatic heterocycles. The third-order valence-electron chi connectivity index (χ3n) is 4.71. The second-order valence-corrected chi connectivity index (χ2v) is 8.60. The van der Waals surface area contributed by atoms with Crippen LogP contribution in [0.2, 0.25) is 0 Å². The van der Waals surface area contributed by atoms with Gasteiger partial charge in [-0.1, -0.05) is 13.8 Å². The molecule has 0 spiro atoms. The van der Waals surface area contributed by atoms with Gasteiger partial charge in [-0.2, -0.15) is 40.2 Å². The number of carbonyl (C=O) groups excluding carboxylic acids is 1. The Morgan fingerprint density at radius 2 is 1.63 bits per heavy atom. The van der Waals surface area contributed by atoms with Crippen molar-refractivity contribution < 1.29 is 9.53 Å². The molecule has 4 rings (SSSR count). The highest BCUT2D eigenvalue weighted by Gasteiger charge is 2.12. The van der Waals surface area contributed by atoms with Crippen LogP contribution in [-0.2, 0) is 18.9 Å². The van der Waals surface area contributed by atoms with Crippen LogP contribution in [0.15, 0.2) is 17.4 Å². The third kappa shape index (κ3) is 9.18. The SMILES string of the molecule is CC(C)COc1nc(N)nc2c1ncn2C.CN[C@@H](CS)C(C)=O.CS.Cn1cnc2c(=O)[nH]c(N)nc21. The zero-order valence-electron chi connectivity index (χ0n) is 22.6. The van der Waals surface area contributed by atoms with Gasteiger partial charge in [-0.25, -0.2) is 9.97 Å². The number of anilines is 2. The molecule has 0 bridgehead atoms. The van der Waals surface area contributed by atoms with E-state index in [0.717, 1.165) is 0 Å². The minimum atomic E-state index is -0.307. The quantitative estimate of drug-likeness (QED) is 0.181. The van der Waals surface area contributed by atoms with Crippen LogP contribution >= 0.6 is 25.3 Å². The lowest BCUT2D eigenvalue weighted by Crippen LogP contribution is -2.33.